The molecule has 10 heteroatoms. The highest BCUT2D eigenvalue weighted by Gasteiger charge is 2.59. The van der Waals surface area contributed by atoms with Crippen molar-refractivity contribution in [2.24, 2.45) is 17.8 Å². The van der Waals surface area contributed by atoms with E-state index in [1.54, 1.807) is 0 Å². The van der Waals surface area contributed by atoms with Crippen LogP contribution in [0, 0.1) is 24.7 Å². The zero-order valence-corrected chi connectivity index (χ0v) is 21.1. The van der Waals surface area contributed by atoms with Crippen molar-refractivity contribution in [1.29, 1.82) is 0 Å². The van der Waals surface area contributed by atoms with Gasteiger partial charge in [-0.3, -0.25) is 4.79 Å². The highest BCUT2D eigenvalue weighted by molar-refractivity contribution is 5.87. The number of aliphatic hydroxyl groups excluding tert-OH is 2. The molecule has 2 aliphatic carbocycles. The first-order valence-electron chi connectivity index (χ1n) is 12.8. The number of carbonyl (C=O) groups is 3. The number of amides is 1. The molecule has 4 rings (SSSR count). The molecule has 3 fully saturated rings. The first-order valence-corrected chi connectivity index (χ1v) is 12.8. The van der Waals surface area contributed by atoms with Crippen LogP contribution in [0.4, 0.5) is 0 Å². The fraction of sp³-hybridized carbons (Fsp3) is 0.593. The van der Waals surface area contributed by atoms with Crippen LogP contribution in [0.25, 0.3) is 0 Å². The smallest absolute Gasteiger partial charge is 0.335 e. The number of piperidine rings is 1. The number of aryl methyl sites for hydroxylation is 1. The van der Waals surface area contributed by atoms with Gasteiger partial charge in [0.15, 0.2) is 17.8 Å². The Morgan fingerprint density at radius 3 is 2.00 bits per heavy atom. The van der Waals surface area contributed by atoms with Crippen molar-refractivity contribution in [2.45, 2.75) is 62.9 Å². The van der Waals surface area contributed by atoms with Gasteiger partial charge in [-0.15, -0.1) is 6.58 Å². The Morgan fingerprint density at radius 1 is 1.03 bits per heavy atom. The zero-order chi connectivity index (χ0) is 27.3. The van der Waals surface area contributed by atoms with Crippen LogP contribution in [0.15, 0.2) is 36.9 Å². The van der Waals surface area contributed by atoms with Gasteiger partial charge in [-0.25, -0.2) is 9.59 Å². The number of benzene rings is 1. The molecule has 6 N–H and O–H groups in total. The summed E-state index contributed by atoms with van der Waals surface area (Å²) in [5.74, 6) is -2.53. The van der Waals surface area contributed by atoms with Gasteiger partial charge in [0.2, 0.25) is 0 Å². The monoisotopic (exact) mass is 518 g/mol. The van der Waals surface area contributed by atoms with E-state index in [9.17, 15) is 19.5 Å². The number of carboxylic acids is 2. The lowest BCUT2D eigenvalue weighted by Gasteiger charge is -2.40. The first-order chi connectivity index (χ1) is 17.5. The van der Waals surface area contributed by atoms with E-state index < -0.39 is 29.7 Å². The van der Waals surface area contributed by atoms with Gasteiger partial charge in [-0.2, -0.15) is 0 Å². The van der Waals surface area contributed by atoms with Crippen molar-refractivity contribution >= 4 is 17.8 Å². The van der Waals surface area contributed by atoms with Gasteiger partial charge >= 0.3 is 11.9 Å². The summed E-state index contributed by atoms with van der Waals surface area (Å²) < 4.78 is 0. The number of rotatable bonds is 9. The summed E-state index contributed by atoms with van der Waals surface area (Å²) in [6.07, 6.45) is 2.63. The topological polar surface area (TPSA) is 168 Å². The fourth-order valence-electron chi connectivity index (χ4n) is 5.59. The number of aliphatic carboxylic acids is 2. The lowest BCUT2D eigenvalue weighted by molar-refractivity contribution is -0.165. The molecule has 10 nitrogen and oxygen atoms in total. The van der Waals surface area contributed by atoms with Gasteiger partial charge in [-0.05, 0) is 37.2 Å². The molecule has 1 amide bonds. The van der Waals surface area contributed by atoms with Crippen molar-refractivity contribution in [1.82, 2.24) is 10.2 Å². The lowest BCUT2D eigenvalue weighted by Crippen LogP contribution is -2.52. The minimum atomic E-state index is -2.27. The Morgan fingerprint density at radius 2 is 1.54 bits per heavy atom. The molecule has 37 heavy (non-hydrogen) atoms. The van der Waals surface area contributed by atoms with E-state index in [0.717, 1.165) is 56.4 Å². The molecule has 1 aromatic carbocycles. The Kier molecular flexibility index (Phi) is 9.46. The first kappa shape index (κ1) is 28.8. The number of nitrogens with one attached hydrogen (secondary N) is 1. The minimum absolute atomic E-state index is 0.0214. The standard InChI is InChI=1S/C23H32N2O2.C4H6O6/c1-3-13-24-21-19-14-25(15-20(19)21)22(26)23(27,17-7-5-4-6-8-17)18-11-9-16(2)10-12-18;5-1(3(7)8)2(6)4(9)10/h3,9-12,17,19-21,24,27H,1,4-8,13-15H2,2H3;1-2,5-6H,(H,7,8)(H,9,10). The number of hydrogen-bond donors (Lipinski definition) is 6. The Balaban J connectivity index is 0.000000325. The predicted molar refractivity (Wildman–Crippen MR) is 134 cm³/mol. The maximum absolute atomic E-state index is 13.6. The molecule has 0 aromatic heterocycles. The number of nitrogens with zero attached hydrogens (tertiary/aromatic N) is 1. The van der Waals surface area contributed by atoms with Gasteiger partial charge in [-0.1, -0.05) is 55.2 Å². The van der Waals surface area contributed by atoms with Crippen molar-refractivity contribution in [3.8, 4) is 0 Å². The van der Waals surface area contributed by atoms with Crippen LogP contribution in [0.5, 0.6) is 0 Å². The van der Waals surface area contributed by atoms with Crippen LogP contribution in [-0.4, -0.2) is 86.2 Å². The summed E-state index contributed by atoms with van der Waals surface area (Å²) in [6.45, 7) is 8.15. The van der Waals surface area contributed by atoms with E-state index in [1.165, 1.54) is 6.42 Å². The number of aliphatic hydroxyl groups is 3. The second-order valence-corrected chi connectivity index (χ2v) is 10.3. The number of hydrogen-bond acceptors (Lipinski definition) is 7. The normalized spacial score (nSPS) is 26.1. The molecular weight excluding hydrogens is 480 g/mol. The minimum Gasteiger partial charge on any atom is -0.479 e. The second kappa shape index (κ2) is 12.2. The highest BCUT2D eigenvalue weighted by atomic mass is 16.4. The van der Waals surface area contributed by atoms with Crippen LogP contribution in [0.1, 0.15) is 43.2 Å². The zero-order valence-electron chi connectivity index (χ0n) is 21.1. The third-order valence-electron chi connectivity index (χ3n) is 7.80. The van der Waals surface area contributed by atoms with Crippen molar-refractivity contribution < 1.29 is 39.9 Å². The summed E-state index contributed by atoms with van der Waals surface area (Å²) >= 11 is 0. The molecule has 1 aliphatic heterocycles. The van der Waals surface area contributed by atoms with E-state index in [2.05, 4.69) is 11.9 Å². The second-order valence-electron chi connectivity index (χ2n) is 10.3. The van der Waals surface area contributed by atoms with Crippen molar-refractivity contribution in [3.63, 3.8) is 0 Å². The molecule has 1 aromatic rings. The maximum atomic E-state index is 13.6. The van der Waals surface area contributed by atoms with Gasteiger partial charge in [0.25, 0.3) is 5.91 Å². The van der Waals surface area contributed by atoms with Crippen molar-refractivity contribution in [2.75, 3.05) is 19.6 Å². The Bertz CT molecular complexity index is 947. The maximum Gasteiger partial charge on any atom is 0.335 e. The van der Waals surface area contributed by atoms with Crippen LogP contribution < -0.4 is 5.32 Å². The van der Waals surface area contributed by atoms with Crippen LogP contribution >= 0.6 is 0 Å². The van der Waals surface area contributed by atoms with Gasteiger partial charge in [0, 0.05) is 31.6 Å². The van der Waals surface area contributed by atoms with E-state index in [-0.39, 0.29) is 11.8 Å². The molecule has 0 spiro atoms. The molecule has 5 atom stereocenters. The van der Waals surface area contributed by atoms with Gasteiger partial charge in [0.05, 0.1) is 0 Å². The highest BCUT2D eigenvalue weighted by Crippen LogP contribution is 2.48. The summed E-state index contributed by atoms with van der Waals surface area (Å²) in [4.78, 5) is 35.0. The molecule has 1 saturated heterocycles. The summed E-state index contributed by atoms with van der Waals surface area (Å²) in [5.41, 5.74) is 0.539. The largest absolute Gasteiger partial charge is 0.479 e. The van der Waals surface area contributed by atoms with E-state index in [1.807, 2.05) is 42.2 Å². The third-order valence-corrected chi connectivity index (χ3v) is 7.80. The van der Waals surface area contributed by atoms with E-state index >= 15 is 0 Å². The number of carboxylic acid groups (broad SMARTS) is 2. The summed E-state index contributed by atoms with van der Waals surface area (Å²) in [7, 11) is 0. The van der Waals surface area contributed by atoms with Crippen LogP contribution in [0.3, 0.4) is 0 Å². The third kappa shape index (κ3) is 6.38. The van der Waals surface area contributed by atoms with Gasteiger partial charge < -0.3 is 35.7 Å². The molecule has 204 valence electrons. The van der Waals surface area contributed by atoms with Crippen molar-refractivity contribution in [3.05, 3.63) is 48.0 Å². The number of carbonyl (C=O) groups excluding carboxylic acids is 1. The average Bonchev–Trinajstić information content (AvgIpc) is 3.34. The number of fused-ring (bicyclic) bond motifs is 1. The molecule has 5 unspecified atom stereocenters. The summed E-state index contributed by atoms with van der Waals surface area (Å²) in [6, 6.07) is 8.43. The molecular formula is C27H38N2O8. The lowest BCUT2D eigenvalue weighted by atomic mass is 9.72. The molecule has 1 heterocycles. The molecule has 3 aliphatic rings. The van der Waals surface area contributed by atoms with Gasteiger partial charge in [0.1, 0.15) is 0 Å². The quantitative estimate of drug-likeness (QED) is 0.260. The predicted octanol–water partition coefficient (Wildman–Crippen LogP) is 0.873. The van der Waals surface area contributed by atoms with Crippen LogP contribution in [0.2, 0.25) is 0 Å². The molecule has 0 radical (unpaired) electrons. The number of likely N-dealkylation sites (tertiary alicyclic amines) is 1. The Labute approximate surface area is 216 Å². The molecule has 0 bridgehead atoms. The fourth-order valence-corrected chi connectivity index (χ4v) is 5.59. The molecule has 2 saturated carbocycles. The SMILES string of the molecule is C=CCNC1C2CN(C(=O)C(O)(c3ccc(C)cc3)C3CCCCC3)CC21.O=C(O)C(O)C(O)C(=O)O. The summed E-state index contributed by atoms with van der Waals surface area (Å²) in [5, 5.41) is 47.8. The van der Waals surface area contributed by atoms with Crippen LogP contribution in [-0.2, 0) is 20.0 Å². The average molecular weight is 519 g/mol. The van der Waals surface area contributed by atoms with E-state index in [0.29, 0.717) is 17.9 Å². The van der Waals surface area contributed by atoms with E-state index in [4.69, 9.17) is 20.4 Å². The Hall–Kier alpha value is -2.79.